The average Bonchev–Trinajstić information content (AvgIpc) is 3.40. The first-order valence-electron chi connectivity index (χ1n) is 14.2. The number of halogens is 3. The zero-order chi connectivity index (χ0) is 28.5. The van der Waals surface area contributed by atoms with Gasteiger partial charge in [-0.1, -0.05) is 55.1 Å². The number of carbonyl (C=O) groups is 2. The Morgan fingerprint density at radius 3 is 2.70 bits per heavy atom. The van der Waals surface area contributed by atoms with E-state index in [4.69, 9.17) is 4.84 Å². The predicted octanol–water partition coefficient (Wildman–Crippen LogP) is 5.69. The lowest BCUT2D eigenvalue weighted by molar-refractivity contribution is -0.260. The maximum absolute atomic E-state index is 17.5. The molecule has 2 saturated carbocycles. The van der Waals surface area contributed by atoms with E-state index in [-0.39, 0.29) is 36.5 Å². The van der Waals surface area contributed by atoms with Crippen LogP contribution in [0.4, 0.5) is 13.2 Å². The molecule has 0 unspecified atom stereocenters. The van der Waals surface area contributed by atoms with Crippen molar-refractivity contribution in [3.05, 3.63) is 59.4 Å². The van der Waals surface area contributed by atoms with E-state index in [9.17, 15) is 19.1 Å². The van der Waals surface area contributed by atoms with Crippen LogP contribution in [0.25, 0.3) is 0 Å². The fourth-order valence-electron chi connectivity index (χ4n) is 9.03. The first-order valence-corrected chi connectivity index (χ1v) is 15.2. The molecule has 1 saturated heterocycles. The second-order valence-corrected chi connectivity index (χ2v) is 13.5. The summed E-state index contributed by atoms with van der Waals surface area (Å²) in [5.74, 6) is -2.53. The number of nitrogens with zero attached hydrogens (tertiary/aromatic N) is 1. The second-order valence-electron chi connectivity index (χ2n) is 12.7. The summed E-state index contributed by atoms with van der Waals surface area (Å²) >= 11 is 0.556. The number of carbonyl (C=O) groups excluding carboxylic acids is 2. The highest BCUT2D eigenvalue weighted by Crippen LogP contribution is 2.73. The number of aryl methyl sites for hydroxylation is 1. The number of alkyl halides is 2. The number of rotatable bonds is 6. The highest BCUT2D eigenvalue weighted by molar-refractivity contribution is 8.13. The van der Waals surface area contributed by atoms with E-state index >= 15 is 8.78 Å². The van der Waals surface area contributed by atoms with E-state index in [1.807, 2.05) is 25.1 Å². The first-order chi connectivity index (χ1) is 19.0. The van der Waals surface area contributed by atoms with Gasteiger partial charge in [0.1, 0.15) is 11.8 Å². The molecule has 1 heterocycles. The molecule has 5 aliphatic rings. The van der Waals surface area contributed by atoms with Crippen molar-refractivity contribution in [2.75, 3.05) is 19.1 Å². The number of hydrogen-bond donors (Lipinski definition) is 1. The normalized spacial score (nSPS) is 42.4. The number of ketones is 1. The molecule has 1 N–H and O–H groups in total. The number of hydrogen-bond acceptors (Lipinski definition) is 6. The second kappa shape index (κ2) is 9.82. The Balaban J connectivity index is 1.33. The molecule has 0 aromatic heterocycles. The highest BCUT2D eigenvalue weighted by Gasteiger charge is 2.79. The van der Waals surface area contributed by atoms with Crippen molar-refractivity contribution in [2.24, 2.45) is 28.6 Å². The van der Waals surface area contributed by atoms with E-state index in [0.29, 0.717) is 31.3 Å². The standard InChI is InChI=1S/C31H36F3NO4S/c1-28-11-10-21(36)14-24(28)25(33)15-23-22-13-20-17-35(12-6-9-19-7-4-3-5-8-19)39-31(20,27(38)40-18-32)29(22,2)16-26(37)30(23,28)34/h3-5,7-8,10-11,20,22-23,26,37H,6,9,12-18H2,1-2H3/t20-,22-,23-,26-,28-,29-,30-,31-/m0/s1. The molecule has 4 aliphatic carbocycles. The number of thioether (sulfide) groups is 1. The van der Waals surface area contributed by atoms with Gasteiger partial charge in [-0.2, -0.15) is 5.06 Å². The van der Waals surface area contributed by atoms with Crippen LogP contribution in [-0.4, -0.2) is 57.5 Å². The lowest BCUT2D eigenvalue weighted by atomic mass is 9.45. The molecule has 8 atom stereocenters. The van der Waals surface area contributed by atoms with Crippen LogP contribution in [0.5, 0.6) is 0 Å². The largest absolute Gasteiger partial charge is 0.390 e. The molecule has 6 rings (SSSR count). The van der Waals surface area contributed by atoms with Crippen molar-refractivity contribution in [1.29, 1.82) is 0 Å². The van der Waals surface area contributed by atoms with Crippen molar-refractivity contribution in [2.45, 2.75) is 69.7 Å². The molecule has 0 amide bonds. The number of allylic oxidation sites excluding steroid dienone is 4. The minimum absolute atomic E-state index is 0.0795. The Kier molecular flexibility index (Phi) is 6.92. The highest BCUT2D eigenvalue weighted by atomic mass is 32.2. The van der Waals surface area contributed by atoms with Gasteiger partial charge in [-0.3, -0.25) is 14.4 Å². The quantitative estimate of drug-likeness (QED) is 0.471. The van der Waals surface area contributed by atoms with E-state index in [2.05, 4.69) is 12.1 Å². The SMILES string of the molecule is C[C@]12C=CC(=O)CC1=C(F)C[C@H]1[C@@H]3C[C@H]4CN(CCCc5ccccc5)O[C@@]4(C(=O)SCF)[C@@]3(C)C[C@H](O)[C@@]12F. The molecule has 216 valence electrons. The van der Waals surface area contributed by atoms with Gasteiger partial charge < -0.3 is 5.11 Å². The summed E-state index contributed by atoms with van der Waals surface area (Å²) in [7, 11) is 0. The van der Waals surface area contributed by atoms with Crippen LogP contribution in [0.3, 0.4) is 0 Å². The number of benzene rings is 1. The van der Waals surface area contributed by atoms with Gasteiger partial charge in [0.05, 0.1) is 6.10 Å². The summed E-state index contributed by atoms with van der Waals surface area (Å²) < 4.78 is 46.7. The molecule has 5 nitrogen and oxygen atoms in total. The molecule has 1 aliphatic heterocycles. The fraction of sp³-hybridized carbons (Fsp3) is 0.613. The summed E-state index contributed by atoms with van der Waals surface area (Å²) in [5, 5.41) is 12.9. The van der Waals surface area contributed by atoms with E-state index < -0.39 is 57.0 Å². The summed E-state index contributed by atoms with van der Waals surface area (Å²) in [6.07, 6.45) is 2.70. The Hall–Kier alpha value is -1.94. The van der Waals surface area contributed by atoms with Crippen molar-refractivity contribution in [3.63, 3.8) is 0 Å². The van der Waals surface area contributed by atoms with Gasteiger partial charge in [-0.15, -0.1) is 0 Å². The third kappa shape index (κ3) is 3.73. The smallest absolute Gasteiger partial charge is 0.226 e. The fourth-order valence-corrected chi connectivity index (χ4v) is 9.78. The predicted molar refractivity (Wildman–Crippen MR) is 146 cm³/mol. The van der Waals surface area contributed by atoms with Crippen molar-refractivity contribution in [3.8, 4) is 0 Å². The zero-order valence-corrected chi connectivity index (χ0v) is 23.7. The molecule has 0 radical (unpaired) electrons. The molecule has 0 bridgehead atoms. The van der Waals surface area contributed by atoms with Crippen molar-refractivity contribution in [1.82, 2.24) is 5.06 Å². The minimum atomic E-state index is -2.22. The van der Waals surface area contributed by atoms with Gasteiger partial charge in [0.25, 0.3) is 0 Å². The zero-order valence-electron chi connectivity index (χ0n) is 22.9. The van der Waals surface area contributed by atoms with Gasteiger partial charge in [0.15, 0.2) is 17.1 Å². The van der Waals surface area contributed by atoms with Crippen LogP contribution in [0.2, 0.25) is 0 Å². The van der Waals surface area contributed by atoms with Gasteiger partial charge >= 0.3 is 0 Å². The molecule has 0 spiro atoms. The van der Waals surface area contributed by atoms with Gasteiger partial charge in [-0.25, -0.2) is 13.2 Å². The van der Waals surface area contributed by atoms with Crippen LogP contribution in [0, 0.1) is 28.6 Å². The number of aliphatic hydroxyl groups excluding tert-OH is 1. The van der Waals surface area contributed by atoms with Gasteiger partial charge in [0.2, 0.25) is 5.12 Å². The Bertz CT molecular complexity index is 1270. The van der Waals surface area contributed by atoms with E-state index in [0.717, 1.165) is 12.8 Å². The Labute approximate surface area is 237 Å². The van der Waals surface area contributed by atoms with Crippen LogP contribution >= 0.6 is 11.8 Å². The van der Waals surface area contributed by atoms with Gasteiger partial charge in [0, 0.05) is 48.6 Å². The monoisotopic (exact) mass is 575 g/mol. The summed E-state index contributed by atoms with van der Waals surface area (Å²) in [5.41, 5.74) is -4.86. The number of hydroxylamine groups is 2. The summed E-state index contributed by atoms with van der Waals surface area (Å²) in [6, 6.07) is 9.14. The summed E-state index contributed by atoms with van der Waals surface area (Å²) in [4.78, 5) is 32.4. The Morgan fingerprint density at radius 1 is 1.23 bits per heavy atom. The maximum Gasteiger partial charge on any atom is 0.226 e. The van der Waals surface area contributed by atoms with Crippen LogP contribution in [0.1, 0.15) is 51.5 Å². The minimum Gasteiger partial charge on any atom is -0.390 e. The number of fused-ring (bicyclic) bond motifs is 7. The molecule has 1 aromatic rings. The molecular formula is C31H36F3NO4S. The van der Waals surface area contributed by atoms with Crippen LogP contribution in [-0.2, 0) is 20.8 Å². The maximum atomic E-state index is 17.5. The van der Waals surface area contributed by atoms with Crippen molar-refractivity contribution >= 4 is 22.7 Å². The first kappa shape index (κ1) is 28.2. The molecule has 1 aromatic carbocycles. The lowest BCUT2D eigenvalue weighted by Gasteiger charge is -2.62. The third-order valence-electron chi connectivity index (χ3n) is 10.9. The number of aliphatic hydroxyl groups is 1. The van der Waals surface area contributed by atoms with Gasteiger partial charge in [-0.05, 0) is 55.7 Å². The topological polar surface area (TPSA) is 66.8 Å². The molecule has 3 fully saturated rings. The molecule has 9 heteroatoms. The van der Waals surface area contributed by atoms with Crippen molar-refractivity contribution < 1.29 is 32.7 Å². The Morgan fingerprint density at radius 2 is 1.98 bits per heavy atom. The van der Waals surface area contributed by atoms with E-state index in [1.54, 1.807) is 12.0 Å². The van der Waals surface area contributed by atoms with Crippen LogP contribution < -0.4 is 0 Å². The lowest BCUT2D eigenvalue weighted by Crippen LogP contribution is -2.69. The van der Waals surface area contributed by atoms with E-state index in [1.165, 1.54) is 17.7 Å². The average molecular weight is 576 g/mol. The third-order valence-corrected chi connectivity index (χ3v) is 11.6. The summed E-state index contributed by atoms with van der Waals surface area (Å²) in [6.45, 7) is 4.41. The molecular weight excluding hydrogens is 539 g/mol. The van der Waals surface area contributed by atoms with Crippen LogP contribution in [0.15, 0.2) is 53.9 Å². The molecule has 40 heavy (non-hydrogen) atoms.